The van der Waals surface area contributed by atoms with E-state index >= 15 is 0 Å². The quantitative estimate of drug-likeness (QED) is 0.777. The van der Waals surface area contributed by atoms with Crippen LogP contribution in [0.2, 0.25) is 0 Å². The van der Waals surface area contributed by atoms with E-state index in [4.69, 9.17) is 0 Å². The summed E-state index contributed by atoms with van der Waals surface area (Å²) in [5.41, 5.74) is 1.04. The molecule has 3 rings (SSSR count). The van der Waals surface area contributed by atoms with E-state index in [-0.39, 0.29) is 5.56 Å². The van der Waals surface area contributed by atoms with Gasteiger partial charge in [0.25, 0.3) is 5.56 Å². The highest BCUT2D eigenvalue weighted by molar-refractivity contribution is 7.20. The van der Waals surface area contributed by atoms with Crippen molar-refractivity contribution in [2.45, 2.75) is 20.3 Å². The van der Waals surface area contributed by atoms with Crippen molar-refractivity contribution in [3.8, 4) is 10.4 Å². The summed E-state index contributed by atoms with van der Waals surface area (Å²) in [4.78, 5) is 22.6. The summed E-state index contributed by atoms with van der Waals surface area (Å²) in [7, 11) is 0. The third kappa shape index (κ3) is 1.71. The zero-order valence-corrected chi connectivity index (χ0v) is 11.7. The smallest absolute Gasteiger partial charge is 0.260 e. The fourth-order valence-electron chi connectivity index (χ4n) is 2.09. The molecule has 3 aromatic rings. The van der Waals surface area contributed by atoms with Crippen LogP contribution in [0.15, 0.2) is 22.3 Å². The van der Waals surface area contributed by atoms with Gasteiger partial charge < -0.3 is 4.98 Å². The highest BCUT2D eigenvalue weighted by Gasteiger charge is 2.17. The second-order valence-electron chi connectivity index (χ2n) is 4.06. The summed E-state index contributed by atoms with van der Waals surface area (Å²) >= 11 is 3.29. The third-order valence-electron chi connectivity index (χ3n) is 2.84. The summed E-state index contributed by atoms with van der Waals surface area (Å²) < 4.78 is 0. The van der Waals surface area contributed by atoms with Gasteiger partial charge in [0, 0.05) is 15.3 Å². The molecule has 5 heteroatoms. The molecule has 3 nitrogen and oxygen atoms in total. The Morgan fingerprint density at radius 3 is 2.94 bits per heavy atom. The zero-order chi connectivity index (χ0) is 12.7. The first-order chi connectivity index (χ1) is 8.70. The molecule has 0 radical (unpaired) electrons. The molecule has 0 atom stereocenters. The number of nitrogens with zero attached hydrogens (tertiary/aromatic N) is 1. The SMILES string of the molecule is CCc1sc2nc(C)[nH]c(=O)c2c1-c1cccs1. The fourth-order valence-corrected chi connectivity index (χ4v) is 4.13. The third-order valence-corrected chi connectivity index (χ3v) is 4.96. The number of aromatic nitrogens is 2. The Labute approximate surface area is 112 Å². The molecule has 0 fully saturated rings. The van der Waals surface area contributed by atoms with Crippen LogP contribution in [-0.4, -0.2) is 9.97 Å². The van der Waals surface area contributed by atoms with Crippen molar-refractivity contribution in [2.75, 3.05) is 0 Å². The van der Waals surface area contributed by atoms with E-state index in [1.807, 2.05) is 18.4 Å². The van der Waals surface area contributed by atoms with Crippen molar-refractivity contribution in [3.05, 3.63) is 38.6 Å². The molecule has 3 aromatic heterocycles. The molecule has 1 N–H and O–H groups in total. The van der Waals surface area contributed by atoms with E-state index in [1.54, 1.807) is 22.7 Å². The van der Waals surface area contributed by atoms with Crippen molar-refractivity contribution in [1.82, 2.24) is 9.97 Å². The number of thiophene rings is 2. The number of aromatic amines is 1. The second-order valence-corrected chi connectivity index (χ2v) is 6.09. The first-order valence-corrected chi connectivity index (χ1v) is 7.46. The molecule has 0 amide bonds. The molecule has 92 valence electrons. The lowest BCUT2D eigenvalue weighted by Gasteiger charge is -1.98. The van der Waals surface area contributed by atoms with Gasteiger partial charge in [-0.15, -0.1) is 22.7 Å². The van der Waals surface area contributed by atoms with Gasteiger partial charge in [0.2, 0.25) is 0 Å². The van der Waals surface area contributed by atoms with Gasteiger partial charge in [-0.05, 0) is 24.8 Å². The Morgan fingerprint density at radius 2 is 2.28 bits per heavy atom. The average Bonchev–Trinajstić information content (AvgIpc) is 2.93. The molecule has 0 bridgehead atoms. The normalized spacial score (nSPS) is 11.2. The van der Waals surface area contributed by atoms with Crippen LogP contribution in [0.4, 0.5) is 0 Å². The topological polar surface area (TPSA) is 45.8 Å². The van der Waals surface area contributed by atoms with E-state index in [0.717, 1.165) is 27.1 Å². The summed E-state index contributed by atoms with van der Waals surface area (Å²) in [6.07, 6.45) is 0.923. The van der Waals surface area contributed by atoms with E-state index < -0.39 is 0 Å². The lowest BCUT2D eigenvalue weighted by Crippen LogP contribution is -2.08. The maximum atomic E-state index is 12.2. The van der Waals surface area contributed by atoms with Crippen molar-refractivity contribution in [3.63, 3.8) is 0 Å². The molecule has 0 spiro atoms. The monoisotopic (exact) mass is 276 g/mol. The highest BCUT2D eigenvalue weighted by Crippen LogP contribution is 2.38. The summed E-state index contributed by atoms with van der Waals surface area (Å²) in [6, 6.07) is 4.07. The fraction of sp³-hybridized carbons (Fsp3) is 0.231. The van der Waals surface area contributed by atoms with Gasteiger partial charge in [0.05, 0.1) is 5.39 Å². The minimum Gasteiger partial charge on any atom is -0.310 e. The van der Waals surface area contributed by atoms with Crippen LogP contribution in [0, 0.1) is 6.92 Å². The average molecular weight is 276 g/mol. The van der Waals surface area contributed by atoms with Crippen LogP contribution in [0.1, 0.15) is 17.6 Å². The maximum absolute atomic E-state index is 12.2. The molecular weight excluding hydrogens is 264 g/mol. The van der Waals surface area contributed by atoms with Crippen LogP contribution >= 0.6 is 22.7 Å². The van der Waals surface area contributed by atoms with E-state index in [2.05, 4.69) is 23.0 Å². The van der Waals surface area contributed by atoms with Gasteiger partial charge in [-0.2, -0.15) is 0 Å². The van der Waals surface area contributed by atoms with Gasteiger partial charge in [0.15, 0.2) is 0 Å². The molecule has 3 heterocycles. The van der Waals surface area contributed by atoms with Crippen LogP contribution in [-0.2, 0) is 6.42 Å². The van der Waals surface area contributed by atoms with Gasteiger partial charge in [0.1, 0.15) is 10.7 Å². The number of rotatable bonds is 2. The van der Waals surface area contributed by atoms with Crippen LogP contribution in [0.3, 0.4) is 0 Å². The van der Waals surface area contributed by atoms with Crippen molar-refractivity contribution < 1.29 is 0 Å². The van der Waals surface area contributed by atoms with E-state index in [1.165, 1.54) is 4.88 Å². The van der Waals surface area contributed by atoms with Crippen molar-refractivity contribution in [1.29, 1.82) is 0 Å². The van der Waals surface area contributed by atoms with Crippen LogP contribution in [0.25, 0.3) is 20.7 Å². The zero-order valence-electron chi connectivity index (χ0n) is 10.1. The van der Waals surface area contributed by atoms with Gasteiger partial charge >= 0.3 is 0 Å². The van der Waals surface area contributed by atoms with Crippen LogP contribution < -0.4 is 5.56 Å². The van der Waals surface area contributed by atoms with Gasteiger partial charge in [-0.3, -0.25) is 4.79 Å². The van der Waals surface area contributed by atoms with Gasteiger partial charge in [-0.25, -0.2) is 4.98 Å². The van der Waals surface area contributed by atoms with Crippen molar-refractivity contribution in [2.24, 2.45) is 0 Å². The minimum absolute atomic E-state index is 0.0307. The number of nitrogens with one attached hydrogen (secondary N) is 1. The molecule has 0 aliphatic carbocycles. The van der Waals surface area contributed by atoms with Crippen LogP contribution in [0.5, 0.6) is 0 Å². The number of aryl methyl sites for hydroxylation is 2. The first-order valence-electron chi connectivity index (χ1n) is 5.77. The highest BCUT2D eigenvalue weighted by atomic mass is 32.1. The molecule has 0 saturated heterocycles. The Morgan fingerprint density at radius 1 is 1.44 bits per heavy atom. The standard InChI is InChI=1S/C13H12N2OS2/c1-3-8-10(9-5-4-6-17-9)11-12(16)14-7(2)15-13(11)18-8/h4-6H,3H2,1-2H3,(H,14,15,16). The van der Waals surface area contributed by atoms with E-state index in [0.29, 0.717) is 5.82 Å². The van der Waals surface area contributed by atoms with Crippen molar-refractivity contribution >= 4 is 32.9 Å². The lowest BCUT2D eigenvalue weighted by atomic mass is 10.1. The predicted octanol–water partition coefficient (Wildman–Crippen LogP) is 3.58. The Hall–Kier alpha value is -1.46. The Balaban J connectivity index is 2.45. The number of fused-ring (bicyclic) bond motifs is 1. The summed E-state index contributed by atoms with van der Waals surface area (Å²) in [5, 5.41) is 2.78. The summed E-state index contributed by atoms with van der Waals surface area (Å²) in [6.45, 7) is 3.93. The number of hydrogen-bond donors (Lipinski definition) is 1. The predicted molar refractivity (Wildman–Crippen MR) is 77.7 cm³/mol. The maximum Gasteiger partial charge on any atom is 0.260 e. The number of H-pyrrole nitrogens is 1. The van der Waals surface area contributed by atoms with E-state index in [9.17, 15) is 4.79 Å². The Kier molecular flexibility index (Phi) is 2.80. The molecular formula is C13H12N2OS2. The molecule has 0 aromatic carbocycles. The molecule has 18 heavy (non-hydrogen) atoms. The number of hydrogen-bond acceptors (Lipinski definition) is 4. The first kappa shape index (κ1) is 11.6. The summed E-state index contributed by atoms with van der Waals surface area (Å²) in [5.74, 6) is 0.675. The molecule has 0 saturated carbocycles. The molecule has 0 unspecified atom stereocenters. The second kappa shape index (κ2) is 4.33. The lowest BCUT2D eigenvalue weighted by molar-refractivity contribution is 1.07. The molecule has 0 aliphatic rings. The largest absolute Gasteiger partial charge is 0.310 e. The van der Waals surface area contributed by atoms with Gasteiger partial charge in [-0.1, -0.05) is 13.0 Å². The Bertz CT molecular complexity index is 753. The molecule has 0 aliphatic heterocycles. The minimum atomic E-state index is -0.0307.